The highest BCUT2D eigenvalue weighted by atomic mass is 32.2. The van der Waals surface area contributed by atoms with E-state index in [-0.39, 0.29) is 30.2 Å². The van der Waals surface area contributed by atoms with Gasteiger partial charge < -0.3 is 15.0 Å². The molecule has 0 radical (unpaired) electrons. The lowest BCUT2D eigenvalue weighted by Gasteiger charge is -2.07. The van der Waals surface area contributed by atoms with Crippen LogP contribution in [0.4, 0.5) is 5.69 Å². The van der Waals surface area contributed by atoms with Crippen molar-refractivity contribution < 1.29 is 13.2 Å². The van der Waals surface area contributed by atoms with Gasteiger partial charge in [-0.25, -0.2) is 8.42 Å². The summed E-state index contributed by atoms with van der Waals surface area (Å²) < 4.78 is 29.1. The summed E-state index contributed by atoms with van der Waals surface area (Å²) in [7, 11) is -1.75. The van der Waals surface area contributed by atoms with E-state index in [0.717, 1.165) is 0 Å². The smallest absolute Gasteiger partial charge is 0.250 e. The maximum absolute atomic E-state index is 11.5. The molecule has 1 rings (SSSR count). The fourth-order valence-electron chi connectivity index (χ4n) is 1.27. The molecule has 0 aromatic carbocycles. The van der Waals surface area contributed by atoms with E-state index >= 15 is 0 Å². The van der Waals surface area contributed by atoms with Crippen molar-refractivity contribution >= 4 is 15.5 Å². The first-order chi connectivity index (χ1) is 7.94. The van der Waals surface area contributed by atoms with Crippen molar-refractivity contribution in [3.8, 4) is 0 Å². The molecule has 1 aromatic heterocycles. The largest absolute Gasteiger partial charge is 0.398 e. The van der Waals surface area contributed by atoms with E-state index in [9.17, 15) is 13.2 Å². The number of aryl methyl sites for hydroxylation is 1. The van der Waals surface area contributed by atoms with E-state index < -0.39 is 9.84 Å². The molecule has 6 nitrogen and oxygen atoms in total. The van der Waals surface area contributed by atoms with Gasteiger partial charge >= 0.3 is 0 Å². The van der Waals surface area contributed by atoms with E-state index in [2.05, 4.69) is 0 Å². The monoisotopic (exact) mass is 260 g/mol. The summed E-state index contributed by atoms with van der Waals surface area (Å²) in [5.41, 5.74) is 5.68. The van der Waals surface area contributed by atoms with Crippen LogP contribution in [0.15, 0.2) is 23.1 Å². The molecule has 0 amide bonds. The second-order valence-corrected chi connectivity index (χ2v) is 5.94. The SMILES string of the molecule is COCCS(=O)(=O)CCn1cc(N)ccc1=O. The second kappa shape index (κ2) is 5.83. The summed E-state index contributed by atoms with van der Waals surface area (Å²) in [6.45, 7) is 0.268. The van der Waals surface area contributed by atoms with Crippen LogP contribution in [-0.2, 0) is 21.1 Å². The molecule has 0 fully saturated rings. The van der Waals surface area contributed by atoms with Crippen molar-refractivity contribution in [3.05, 3.63) is 28.7 Å². The van der Waals surface area contributed by atoms with Crippen LogP contribution >= 0.6 is 0 Å². The molecule has 7 heteroatoms. The Bertz CT molecular complexity index is 521. The highest BCUT2D eigenvalue weighted by Gasteiger charge is 2.10. The number of nitrogens with zero attached hydrogens (tertiary/aromatic N) is 1. The summed E-state index contributed by atoms with van der Waals surface area (Å²) in [6, 6.07) is 2.80. The molecule has 0 atom stereocenters. The molecule has 0 saturated heterocycles. The third-order valence-corrected chi connectivity index (χ3v) is 3.84. The van der Waals surface area contributed by atoms with Crippen LogP contribution in [0, 0.1) is 0 Å². The Hall–Kier alpha value is -1.34. The van der Waals surface area contributed by atoms with E-state index in [1.165, 1.54) is 30.0 Å². The molecule has 0 aliphatic heterocycles. The van der Waals surface area contributed by atoms with Crippen LogP contribution in [0.25, 0.3) is 0 Å². The van der Waals surface area contributed by atoms with E-state index in [4.69, 9.17) is 10.5 Å². The quantitative estimate of drug-likeness (QED) is 0.744. The number of hydrogen-bond donors (Lipinski definition) is 1. The van der Waals surface area contributed by atoms with Gasteiger partial charge in [0, 0.05) is 31.6 Å². The van der Waals surface area contributed by atoms with Crippen molar-refractivity contribution in [2.24, 2.45) is 0 Å². The van der Waals surface area contributed by atoms with Gasteiger partial charge in [-0.3, -0.25) is 4.79 Å². The molecule has 0 saturated carbocycles. The number of sulfone groups is 1. The van der Waals surface area contributed by atoms with Crippen molar-refractivity contribution in [3.63, 3.8) is 0 Å². The number of hydrogen-bond acceptors (Lipinski definition) is 5. The van der Waals surface area contributed by atoms with Crippen molar-refractivity contribution in [2.45, 2.75) is 6.54 Å². The average Bonchev–Trinajstić information content (AvgIpc) is 2.28. The number of aromatic nitrogens is 1. The van der Waals surface area contributed by atoms with Gasteiger partial charge in [0.25, 0.3) is 5.56 Å². The first kappa shape index (κ1) is 13.7. The summed E-state index contributed by atoms with van der Waals surface area (Å²) in [6.07, 6.45) is 1.44. The molecule has 0 spiro atoms. The maximum Gasteiger partial charge on any atom is 0.250 e. The predicted octanol–water partition coefficient (Wildman–Crippen LogP) is -0.508. The molecule has 17 heavy (non-hydrogen) atoms. The fourth-order valence-corrected chi connectivity index (χ4v) is 2.37. The minimum atomic E-state index is -3.20. The number of nitrogen functional groups attached to an aromatic ring is 1. The van der Waals surface area contributed by atoms with E-state index in [1.54, 1.807) is 0 Å². The Kier molecular flexibility index (Phi) is 4.71. The van der Waals surface area contributed by atoms with Crippen molar-refractivity contribution in [1.82, 2.24) is 4.57 Å². The number of nitrogens with two attached hydrogens (primary N) is 1. The van der Waals surface area contributed by atoms with Crippen LogP contribution in [0.5, 0.6) is 0 Å². The number of anilines is 1. The number of pyridine rings is 1. The predicted molar refractivity (Wildman–Crippen MR) is 65.6 cm³/mol. The number of rotatable bonds is 6. The maximum atomic E-state index is 11.5. The van der Waals surface area contributed by atoms with Gasteiger partial charge in [0.15, 0.2) is 9.84 Å². The van der Waals surface area contributed by atoms with E-state index in [1.807, 2.05) is 0 Å². The summed E-state index contributed by atoms with van der Waals surface area (Å²) in [5, 5.41) is 0. The van der Waals surface area contributed by atoms with Crippen LogP contribution in [0.1, 0.15) is 0 Å². The minimum Gasteiger partial charge on any atom is -0.398 e. The van der Waals surface area contributed by atoms with Gasteiger partial charge in [0.2, 0.25) is 0 Å². The Balaban J connectivity index is 2.67. The van der Waals surface area contributed by atoms with Gasteiger partial charge in [0.1, 0.15) is 0 Å². The number of methoxy groups -OCH3 is 1. The minimum absolute atomic E-state index is 0.0411. The molecule has 1 aromatic rings. The molecule has 0 bridgehead atoms. The molecule has 1 heterocycles. The van der Waals surface area contributed by atoms with Gasteiger partial charge in [-0.15, -0.1) is 0 Å². The molecule has 96 valence electrons. The van der Waals surface area contributed by atoms with Crippen LogP contribution < -0.4 is 11.3 Å². The fraction of sp³-hybridized carbons (Fsp3) is 0.500. The molecule has 0 unspecified atom stereocenters. The lowest BCUT2D eigenvalue weighted by Crippen LogP contribution is -2.25. The van der Waals surface area contributed by atoms with Gasteiger partial charge in [-0.1, -0.05) is 0 Å². The molecule has 2 N–H and O–H groups in total. The van der Waals surface area contributed by atoms with Crippen molar-refractivity contribution in [1.29, 1.82) is 0 Å². The van der Waals surface area contributed by atoms with Crippen molar-refractivity contribution in [2.75, 3.05) is 31.0 Å². The molecular weight excluding hydrogens is 244 g/mol. The Morgan fingerprint density at radius 3 is 2.71 bits per heavy atom. The average molecular weight is 260 g/mol. The zero-order valence-electron chi connectivity index (χ0n) is 9.63. The number of ether oxygens (including phenoxy) is 1. The zero-order chi connectivity index (χ0) is 12.9. The lowest BCUT2D eigenvalue weighted by atomic mass is 10.4. The summed E-state index contributed by atoms with van der Waals surface area (Å²) in [5.74, 6) is -0.139. The second-order valence-electron chi connectivity index (χ2n) is 3.64. The third-order valence-electron chi connectivity index (χ3n) is 2.25. The van der Waals surface area contributed by atoms with Crippen LogP contribution in [-0.4, -0.2) is 38.2 Å². The lowest BCUT2D eigenvalue weighted by molar-refractivity contribution is 0.217. The normalized spacial score (nSPS) is 11.6. The Morgan fingerprint density at radius 1 is 1.35 bits per heavy atom. The highest BCUT2D eigenvalue weighted by Crippen LogP contribution is 1.98. The van der Waals surface area contributed by atoms with Gasteiger partial charge in [-0.05, 0) is 6.07 Å². The van der Waals surface area contributed by atoms with Crippen LogP contribution in [0.2, 0.25) is 0 Å². The van der Waals surface area contributed by atoms with Gasteiger partial charge in [-0.2, -0.15) is 0 Å². The third kappa shape index (κ3) is 4.58. The molecular formula is C10H16N2O4S. The first-order valence-electron chi connectivity index (χ1n) is 5.10. The zero-order valence-corrected chi connectivity index (χ0v) is 10.4. The van der Waals surface area contributed by atoms with Gasteiger partial charge in [0.05, 0.1) is 18.1 Å². The highest BCUT2D eigenvalue weighted by molar-refractivity contribution is 7.91. The Labute approximate surface area is 99.9 Å². The summed E-state index contributed by atoms with van der Waals surface area (Å²) in [4.78, 5) is 11.4. The Morgan fingerprint density at radius 2 is 2.06 bits per heavy atom. The molecule has 0 aliphatic rings. The van der Waals surface area contributed by atoms with E-state index in [0.29, 0.717) is 5.69 Å². The van der Waals surface area contributed by atoms with Crippen LogP contribution in [0.3, 0.4) is 0 Å². The first-order valence-corrected chi connectivity index (χ1v) is 6.92. The topological polar surface area (TPSA) is 91.4 Å². The molecule has 0 aliphatic carbocycles. The standard InChI is InChI=1S/C10H16N2O4S/c1-16-5-7-17(14,15)6-4-12-8-9(11)2-3-10(12)13/h2-3,8H,4-7,11H2,1H3. The summed E-state index contributed by atoms with van der Waals surface area (Å²) >= 11 is 0.